The van der Waals surface area contributed by atoms with E-state index in [9.17, 15) is 0 Å². The fraction of sp³-hybridized carbons (Fsp3) is 1.00. The van der Waals surface area contributed by atoms with Gasteiger partial charge in [-0.1, -0.05) is 34.6 Å². The van der Waals surface area contributed by atoms with Crippen molar-refractivity contribution < 1.29 is 0 Å². The molecule has 0 amide bonds. The zero-order valence-electron chi connectivity index (χ0n) is 5.95. The highest BCUT2D eigenvalue weighted by Gasteiger charge is 1.96. The van der Waals surface area contributed by atoms with Crippen LogP contribution < -0.4 is 0 Å². The van der Waals surface area contributed by atoms with Crippen molar-refractivity contribution in [2.45, 2.75) is 39.4 Å². The summed E-state index contributed by atoms with van der Waals surface area (Å²) in [6, 6.07) is 0. The first-order valence-corrected chi connectivity index (χ1v) is 3.17. The summed E-state index contributed by atoms with van der Waals surface area (Å²) < 4.78 is 0.194. The van der Waals surface area contributed by atoms with Gasteiger partial charge in [0, 0.05) is 4.75 Å². The van der Waals surface area contributed by atoms with Gasteiger partial charge in [-0.05, 0) is 0 Å². The summed E-state index contributed by atoms with van der Waals surface area (Å²) in [5, 5.41) is 0. The van der Waals surface area contributed by atoms with Crippen molar-refractivity contribution >= 4 is 12.6 Å². The van der Waals surface area contributed by atoms with E-state index in [0.29, 0.717) is 0 Å². The lowest BCUT2D eigenvalue weighted by Crippen LogP contribution is -1.99. The van der Waals surface area contributed by atoms with Crippen molar-refractivity contribution in [3.05, 3.63) is 0 Å². The van der Waals surface area contributed by atoms with Crippen LogP contribution in [-0.2, 0) is 0 Å². The average molecular weight is 120 g/mol. The van der Waals surface area contributed by atoms with Crippen LogP contribution in [0.2, 0.25) is 0 Å². The van der Waals surface area contributed by atoms with Gasteiger partial charge in [0.25, 0.3) is 0 Å². The molecule has 0 N–H and O–H groups in total. The smallest absolute Gasteiger partial charge is 0.00449 e. The Labute approximate surface area is 52.7 Å². The van der Waals surface area contributed by atoms with E-state index in [1.54, 1.807) is 0 Å². The van der Waals surface area contributed by atoms with Gasteiger partial charge in [-0.25, -0.2) is 0 Å². The van der Waals surface area contributed by atoms with Crippen LogP contribution in [0.4, 0.5) is 0 Å². The molecule has 0 fully saturated rings. The minimum Gasteiger partial charge on any atom is -0.173 e. The topological polar surface area (TPSA) is 0 Å². The van der Waals surface area contributed by atoms with Crippen molar-refractivity contribution in [2.75, 3.05) is 0 Å². The van der Waals surface area contributed by atoms with Crippen LogP contribution in [0, 0.1) is 0 Å². The number of hydrogen-bond donors (Lipinski definition) is 1. The van der Waals surface area contributed by atoms with Crippen molar-refractivity contribution in [2.24, 2.45) is 0 Å². The molecule has 0 unspecified atom stereocenters. The zero-order chi connectivity index (χ0) is 6.50. The molecule has 7 heavy (non-hydrogen) atoms. The Hall–Kier alpha value is 0.350. The van der Waals surface area contributed by atoms with Crippen molar-refractivity contribution in [3.63, 3.8) is 0 Å². The van der Waals surface area contributed by atoms with E-state index in [2.05, 4.69) is 33.4 Å². The minimum absolute atomic E-state index is 0.194. The zero-order valence-corrected chi connectivity index (χ0v) is 6.84. The Balaban J connectivity index is 0. The molecule has 46 valence electrons. The second-order valence-electron chi connectivity index (χ2n) is 2.17. The molecule has 0 aliphatic rings. The highest BCUT2D eigenvalue weighted by Crippen LogP contribution is 2.07. The van der Waals surface area contributed by atoms with Gasteiger partial charge >= 0.3 is 0 Å². The molecule has 0 aromatic rings. The Bertz CT molecular complexity index is 19.7. The molecule has 0 spiro atoms. The fourth-order valence-electron chi connectivity index (χ4n) is 0. The number of thiol groups is 1. The molecule has 0 heterocycles. The molecule has 0 aliphatic carbocycles. The molecule has 0 aromatic carbocycles. The van der Waals surface area contributed by atoms with Gasteiger partial charge in [0.15, 0.2) is 0 Å². The lowest BCUT2D eigenvalue weighted by atomic mass is 10.3. The predicted molar refractivity (Wildman–Crippen MR) is 40.1 cm³/mol. The molecular formula is C6H16S. The van der Waals surface area contributed by atoms with Gasteiger partial charge in [0.2, 0.25) is 0 Å². The van der Waals surface area contributed by atoms with Crippen LogP contribution >= 0.6 is 12.6 Å². The minimum atomic E-state index is 0.194. The Kier molecular flexibility index (Phi) is 6.67. The maximum absolute atomic E-state index is 4.12. The highest BCUT2D eigenvalue weighted by atomic mass is 32.1. The van der Waals surface area contributed by atoms with Gasteiger partial charge in [0.05, 0.1) is 0 Å². The molecule has 0 aromatic heterocycles. The van der Waals surface area contributed by atoms with Gasteiger partial charge < -0.3 is 0 Å². The Morgan fingerprint density at radius 1 is 1.00 bits per heavy atom. The SMILES string of the molecule is CC.CC(C)(C)S. The first-order valence-electron chi connectivity index (χ1n) is 2.72. The third-order valence-corrected chi connectivity index (χ3v) is 0. The number of hydrogen-bond acceptors (Lipinski definition) is 1. The summed E-state index contributed by atoms with van der Waals surface area (Å²) in [6.45, 7) is 10.2. The molecule has 0 saturated heterocycles. The van der Waals surface area contributed by atoms with Crippen LogP contribution in [0.1, 0.15) is 34.6 Å². The van der Waals surface area contributed by atoms with E-state index in [4.69, 9.17) is 0 Å². The predicted octanol–water partition coefficient (Wildman–Crippen LogP) is 2.74. The summed E-state index contributed by atoms with van der Waals surface area (Å²) in [6.07, 6.45) is 0. The first kappa shape index (κ1) is 10.4. The summed E-state index contributed by atoms with van der Waals surface area (Å²) in [5.74, 6) is 0. The van der Waals surface area contributed by atoms with Crippen LogP contribution in [0.25, 0.3) is 0 Å². The van der Waals surface area contributed by atoms with Crippen LogP contribution in [-0.4, -0.2) is 4.75 Å². The van der Waals surface area contributed by atoms with Gasteiger partial charge in [-0.3, -0.25) is 0 Å². The molecule has 0 bridgehead atoms. The third kappa shape index (κ3) is 981. The molecule has 1 heteroatoms. The second-order valence-corrected chi connectivity index (χ2v) is 3.51. The lowest BCUT2D eigenvalue weighted by molar-refractivity contribution is 0.812. The highest BCUT2D eigenvalue weighted by molar-refractivity contribution is 7.81. The van der Waals surface area contributed by atoms with Gasteiger partial charge in [0.1, 0.15) is 0 Å². The molecular weight excluding hydrogens is 104 g/mol. The number of rotatable bonds is 0. The lowest BCUT2D eigenvalue weighted by Gasteiger charge is -2.04. The van der Waals surface area contributed by atoms with E-state index in [1.165, 1.54) is 0 Å². The normalized spacial score (nSPS) is 9.43. The summed E-state index contributed by atoms with van der Waals surface area (Å²) in [4.78, 5) is 0. The summed E-state index contributed by atoms with van der Waals surface area (Å²) >= 11 is 4.12. The van der Waals surface area contributed by atoms with Crippen LogP contribution in [0.5, 0.6) is 0 Å². The van der Waals surface area contributed by atoms with Crippen LogP contribution in [0.3, 0.4) is 0 Å². The summed E-state index contributed by atoms with van der Waals surface area (Å²) in [5.41, 5.74) is 0. The average Bonchev–Trinajstić information content (AvgIpc) is 1.36. The van der Waals surface area contributed by atoms with Crippen molar-refractivity contribution in [1.29, 1.82) is 0 Å². The van der Waals surface area contributed by atoms with E-state index < -0.39 is 0 Å². The summed E-state index contributed by atoms with van der Waals surface area (Å²) in [7, 11) is 0. The molecule has 0 radical (unpaired) electrons. The van der Waals surface area contributed by atoms with E-state index in [0.717, 1.165) is 0 Å². The fourth-order valence-corrected chi connectivity index (χ4v) is 0. The largest absolute Gasteiger partial charge is 0.173 e. The molecule has 0 nitrogen and oxygen atoms in total. The van der Waals surface area contributed by atoms with Gasteiger partial charge in [-0.2, -0.15) is 12.6 Å². The molecule has 0 saturated carbocycles. The van der Waals surface area contributed by atoms with Crippen molar-refractivity contribution in [3.8, 4) is 0 Å². The van der Waals surface area contributed by atoms with Gasteiger partial charge in [-0.15, -0.1) is 0 Å². The third-order valence-electron chi connectivity index (χ3n) is 0. The maximum atomic E-state index is 4.12. The van der Waals surface area contributed by atoms with Crippen LogP contribution in [0.15, 0.2) is 0 Å². The Morgan fingerprint density at radius 3 is 1.00 bits per heavy atom. The quantitative estimate of drug-likeness (QED) is 0.467. The van der Waals surface area contributed by atoms with E-state index in [-0.39, 0.29) is 4.75 Å². The first-order chi connectivity index (χ1) is 3.00. The standard InChI is InChI=1S/C4H10S.C2H6/c1-4(2,3)5;1-2/h5H,1-3H3;1-2H3. The van der Waals surface area contributed by atoms with E-state index in [1.807, 2.05) is 13.8 Å². The molecule has 0 rings (SSSR count). The van der Waals surface area contributed by atoms with Crippen molar-refractivity contribution in [1.82, 2.24) is 0 Å². The monoisotopic (exact) mass is 120 g/mol. The Morgan fingerprint density at radius 2 is 1.00 bits per heavy atom. The molecule has 0 atom stereocenters. The molecule has 0 aliphatic heterocycles. The van der Waals surface area contributed by atoms with E-state index >= 15 is 0 Å². The second kappa shape index (κ2) is 4.51. The maximum Gasteiger partial charge on any atom is 0.00449 e.